The minimum atomic E-state index is -0.460. The summed E-state index contributed by atoms with van der Waals surface area (Å²) < 4.78 is 4.82. The Morgan fingerprint density at radius 1 is 1.31 bits per heavy atom. The molecule has 138 valence electrons. The number of piperidine rings is 1. The van der Waals surface area contributed by atoms with Crippen LogP contribution in [-0.4, -0.2) is 58.7 Å². The van der Waals surface area contributed by atoms with E-state index in [2.05, 4.69) is 10.2 Å². The summed E-state index contributed by atoms with van der Waals surface area (Å²) >= 11 is 0. The van der Waals surface area contributed by atoms with Gasteiger partial charge in [-0.15, -0.1) is 0 Å². The summed E-state index contributed by atoms with van der Waals surface area (Å²) in [6, 6.07) is 11.3. The van der Waals surface area contributed by atoms with Gasteiger partial charge in [-0.25, -0.2) is 4.79 Å². The minimum absolute atomic E-state index is 0.0778. The number of amides is 2. The van der Waals surface area contributed by atoms with Gasteiger partial charge in [0, 0.05) is 19.2 Å². The van der Waals surface area contributed by atoms with Crippen molar-refractivity contribution in [2.75, 3.05) is 20.7 Å². The Morgan fingerprint density at radius 2 is 2.08 bits per heavy atom. The molecule has 1 saturated heterocycles. The number of hydrogen-bond donors (Lipinski definition) is 1. The van der Waals surface area contributed by atoms with Crippen LogP contribution in [0.5, 0.6) is 0 Å². The molecule has 2 aromatic rings. The Bertz CT molecular complexity index is 759. The monoisotopic (exact) mass is 356 g/mol. The molecule has 0 unspecified atom stereocenters. The van der Waals surface area contributed by atoms with E-state index in [0.717, 1.165) is 29.8 Å². The van der Waals surface area contributed by atoms with Gasteiger partial charge in [0.1, 0.15) is 6.04 Å². The smallest absolute Gasteiger partial charge is 0.410 e. The van der Waals surface area contributed by atoms with E-state index in [9.17, 15) is 9.59 Å². The first-order valence-electron chi connectivity index (χ1n) is 8.79. The Morgan fingerprint density at radius 3 is 2.81 bits per heavy atom. The van der Waals surface area contributed by atoms with Crippen LogP contribution < -0.4 is 0 Å². The molecule has 0 saturated carbocycles. The number of aromatic nitrogens is 2. The van der Waals surface area contributed by atoms with Crippen LogP contribution in [-0.2, 0) is 16.1 Å². The first-order chi connectivity index (χ1) is 12.6. The molecule has 0 spiro atoms. The van der Waals surface area contributed by atoms with Crippen LogP contribution in [0.25, 0.3) is 11.3 Å². The number of aromatic amines is 1. The summed E-state index contributed by atoms with van der Waals surface area (Å²) in [7, 11) is 3.09. The molecular formula is C19H24N4O3. The van der Waals surface area contributed by atoms with Crippen LogP contribution in [0, 0.1) is 0 Å². The molecule has 1 aliphatic heterocycles. The van der Waals surface area contributed by atoms with Crippen molar-refractivity contribution < 1.29 is 14.3 Å². The van der Waals surface area contributed by atoms with Gasteiger partial charge in [-0.3, -0.25) is 14.8 Å². The molecule has 1 aliphatic rings. The Hall–Kier alpha value is -2.83. The number of carbonyl (C=O) groups excluding carboxylic acids is 2. The molecule has 26 heavy (non-hydrogen) atoms. The van der Waals surface area contributed by atoms with E-state index in [0.29, 0.717) is 19.5 Å². The number of likely N-dealkylation sites (N-methyl/N-ethyl adjacent to an activating group) is 1. The molecule has 0 radical (unpaired) electrons. The number of hydrogen-bond acceptors (Lipinski definition) is 4. The van der Waals surface area contributed by atoms with Crippen LogP contribution in [0.3, 0.4) is 0 Å². The standard InChI is InChI=1S/C19H24N4O3/c1-22(18(24)17-10-6-7-11-23(17)19(25)26-2)13-15-12-16(21-20-15)14-8-4-3-5-9-14/h3-5,8-9,12,17H,6-7,10-11,13H2,1-2H3,(H,20,21)/t17-/m1/s1. The zero-order valence-corrected chi connectivity index (χ0v) is 15.1. The highest BCUT2D eigenvalue weighted by molar-refractivity contribution is 5.85. The normalized spacial score (nSPS) is 17.0. The number of H-pyrrole nitrogens is 1. The van der Waals surface area contributed by atoms with Crippen molar-refractivity contribution in [3.05, 3.63) is 42.1 Å². The number of nitrogens with one attached hydrogen (secondary N) is 1. The van der Waals surface area contributed by atoms with E-state index < -0.39 is 12.1 Å². The molecule has 7 heteroatoms. The van der Waals surface area contributed by atoms with Crippen LogP contribution in [0.15, 0.2) is 36.4 Å². The molecule has 7 nitrogen and oxygen atoms in total. The number of methoxy groups -OCH3 is 1. The maximum atomic E-state index is 12.9. The average molecular weight is 356 g/mol. The van der Waals surface area contributed by atoms with Crippen molar-refractivity contribution >= 4 is 12.0 Å². The summed E-state index contributed by atoms with van der Waals surface area (Å²) in [5, 5.41) is 7.31. The van der Waals surface area contributed by atoms with Crippen molar-refractivity contribution in [1.82, 2.24) is 20.0 Å². The van der Waals surface area contributed by atoms with E-state index in [4.69, 9.17) is 4.74 Å². The fourth-order valence-electron chi connectivity index (χ4n) is 3.31. The van der Waals surface area contributed by atoms with Gasteiger partial charge in [0.2, 0.25) is 5.91 Å². The van der Waals surface area contributed by atoms with Gasteiger partial charge in [-0.2, -0.15) is 5.10 Å². The van der Waals surface area contributed by atoms with Gasteiger partial charge < -0.3 is 9.64 Å². The van der Waals surface area contributed by atoms with E-state index in [1.165, 1.54) is 12.0 Å². The van der Waals surface area contributed by atoms with Crippen LogP contribution in [0.4, 0.5) is 4.79 Å². The molecule has 1 atom stereocenters. The summed E-state index contributed by atoms with van der Waals surface area (Å²) in [5.74, 6) is -0.0778. The van der Waals surface area contributed by atoms with E-state index in [1.54, 1.807) is 11.9 Å². The predicted octanol–water partition coefficient (Wildman–Crippen LogP) is 2.66. The molecule has 0 aliphatic carbocycles. The summed E-state index contributed by atoms with van der Waals surface area (Å²) in [5.41, 5.74) is 2.71. The Kier molecular flexibility index (Phi) is 5.55. The molecular weight excluding hydrogens is 332 g/mol. The molecule has 1 N–H and O–H groups in total. The topological polar surface area (TPSA) is 78.5 Å². The van der Waals surface area contributed by atoms with Crippen molar-refractivity contribution in [3.63, 3.8) is 0 Å². The van der Waals surface area contributed by atoms with Gasteiger partial charge in [-0.1, -0.05) is 30.3 Å². The van der Waals surface area contributed by atoms with Crippen molar-refractivity contribution in [2.45, 2.75) is 31.8 Å². The molecule has 1 aromatic carbocycles. The maximum absolute atomic E-state index is 12.9. The van der Waals surface area contributed by atoms with Gasteiger partial charge in [-0.05, 0) is 25.3 Å². The predicted molar refractivity (Wildman–Crippen MR) is 97.2 cm³/mol. The Balaban J connectivity index is 1.67. The van der Waals surface area contributed by atoms with Crippen molar-refractivity contribution in [2.24, 2.45) is 0 Å². The number of carbonyl (C=O) groups is 2. The van der Waals surface area contributed by atoms with Crippen LogP contribution in [0.1, 0.15) is 25.0 Å². The quantitative estimate of drug-likeness (QED) is 0.913. The SMILES string of the molecule is COC(=O)N1CCCC[C@@H]1C(=O)N(C)Cc1cc(-c2ccccc2)n[nH]1. The highest BCUT2D eigenvalue weighted by atomic mass is 16.5. The highest BCUT2D eigenvalue weighted by Gasteiger charge is 2.34. The molecule has 0 bridgehead atoms. The van der Waals surface area contributed by atoms with Crippen molar-refractivity contribution in [1.29, 1.82) is 0 Å². The zero-order valence-electron chi connectivity index (χ0n) is 15.1. The summed E-state index contributed by atoms with van der Waals surface area (Å²) in [6.45, 7) is 0.962. The van der Waals surface area contributed by atoms with Crippen molar-refractivity contribution in [3.8, 4) is 11.3 Å². The van der Waals surface area contributed by atoms with E-state index >= 15 is 0 Å². The number of rotatable bonds is 4. The third kappa shape index (κ3) is 3.87. The lowest BCUT2D eigenvalue weighted by molar-refractivity contribution is -0.136. The summed E-state index contributed by atoms with van der Waals surface area (Å²) in [6.07, 6.45) is 2.05. The van der Waals surface area contributed by atoms with Gasteiger partial charge in [0.05, 0.1) is 25.0 Å². The second kappa shape index (κ2) is 8.03. The fraction of sp³-hybridized carbons (Fsp3) is 0.421. The second-order valence-corrected chi connectivity index (χ2v) is 6.51. The van der Waals surface area contributed by atoms with Crippen LogP contribution in [0.2, 0.25) is 0 Å². The molecule has 3 rings (SSSR count). The van der Waals surface area contributed by atoms with Gasteiger partial charge in [0.15, 0.2) is 0 Å². The molecule has 1 aromatic heterocycles. The highest BCUT2D eigenvalue weighted by Crippen LogP contribution is 2.21. The number of ether oxygens (including phenoxy) is 1. The fourth-order valence-corrected chi connectivity index (χ4v) is 3.31. The first-order valence-corrected chi connectivity index (χ1v) is 8.79. The number of likely N-dealkylation sites (tertiary alicyclic amines) is 1. The van der Waals surface area contributed by atoms with Gasteiger partial charge in [0.25, 0.3) is 0 Å². The van der Waals surface area contributed by atoms with E-state index in [-0.39, 0.29) is 5.91 Å². The minimum Gasteiger partial charge on any atom is -0.453 e. The first kappa shape index (κ1) is 18.0. The average Bonchev–Trinajstić information content (AvgIpc) is 3.16. The van der Waals surface area contributed by atoms with E-state index in [1.807, 2.05) is 36.4 Å². The van der Waals surface area contributed by atoms with Gasteiger partial charge >= 0.3 is 6.09 Å². The largest absolute Gasteiger partial charge is 0.453 e. The second-order valence-electron chi connectivity index (χ2n) is 6.51. The lowest BCUT2D eigenvalue weighted by atomic mass is 10.0. The zero-order chi connectivity index (χ0) is 18.5. The third-order valence-corrected chi connectivity index (χ3v) is 4.68. The third-order valence-electron chi connectivity index (χ3n) is 4.68. The number of benzene rings is 1. The Labute approximate surface area is 152 Å². The lowest BCUT2D eigenvalue weighted by Crippen LogP contribution is -2.52. The molecule has 2 heterocycles. The number of nitrogens with zero attached hydrogens (tertiary/aromatic N) is 3. The summed E-state index contributed by atoms with van der Waals surface area (Å²) in [4.78, 5) is 28.0. The lowest BCUT2D eigenvalue weighted by Gasteiger charge is -2.35. The van der Waals surface area contributed by atoms with Crippen LogP contribution >= 0.6 is 0 Å². The molecule has 2 amide bonds. The molecule has 1 fully saturated rings. The maximum Gasteiger partial charge on any atom is 0.410 e.